The zero-order chi connectivity index (χ0) is 18.1. The van der Waals surface area contributed by atoms with Crippen molar-refractivity contribution in [2.75, 3.05) is 39.8 Å². The highest BCUT2D eigenvalue weighted by Crippen LogP contribution is 2.26. The van der Waals surface area contributed by atoms with Crippen LogP contribution in [0.5, 0.6) is 5.75 Å². The molecule has 1 aliphatic rings. The molecule has 1 aromatic rings. The fourth-order valence-electron chi connectivity index (χ4n) is 3.50. The molecule has 1 heterocycles. The third-order valence-electron chi connectivity index (χ3n) is 4.95. The van der Waals surface area contributed by atoms with E-state index >= 15 is 0 Å². The standard InChI is InChI=1S/C20H34N4O/c1-5-21-20(23-15-17-10-9-13-24(17)6-2)22-14-16(3)18-11-7-8-12-19(18)25-4/h7-8,11-12,16-17H,5-6,9-10,13-15H2,1-4H3,(H2,21,22,23). The Labute approximate surface area is 152 Å². The summed E-state index contributed by atoms with van der Waals surface area (Å²) in [7, 11) is 1.72. The average Bonchev–Trinajstić information content (AvgIpc) is 3.11. The number of nitrogens with zero attached hydrogens (tertiary/aromatic N) is 2. The molecule has 0 aliphatic carbocycles. The number of guanidine groups is 1. The summed E-state index contributed by atoms with van der Waals surface area (Å²) < 4.78 is 5.47. The Kier molecular flexibility index (Phi) is 8.06. The van der Waals surface area contributed by atoms with Gasteiger partial charge in [-0.15, -0.1) is 0 Å². The number of rotatable bonds is 8. The van der Waals surface area contributed by atoms with Crippen molar-refractivity contribution in [2.45, 2.75) is 45.6 Å². The van der Waals surface area contributed by atoms with Crippen LogP contribution in [0.3, 0.4) is 0 Å². The average molecular weight is 347 g/mol. The molecule has 0 radical (unpaired) electrons. The Morgan fingerprint density at radius 2 is 2.12 bits per heavy atom. The van der Waals surface area contributed by atoms with Crippen LogP contribution >= 0.6 is 0 Å². The van der Waals surface area contributed by atoms with E-state index in [1.165, 1.54) is 24.9 Å². The number of para-hydroxylation sites is 1. The zero-order valence-electron chi connectivity index (χ0n) is 16.2. The lowest BCUT2D eigenvalue weighted by Crippen LogP contribution is -2.45. The van der Waals surface area contributed by atoms with E-state index in [2.05, 4.69) is 48.4 Å². The fraction of sp³-hybridized carbons (Fsp3) is 0.650. The number of ether oxygens (including phenoxy) is 1. The molecule has 1 aliphatic heterocycles. The molecule has 2 unspecified atom stereocenters. The van der Waals surface area contributed by atoms with Crippen LogP contribution in [0.4, 0.5) is 0 Å². The van der Waals surface area contributed by atoms with Crippen LogP contribution in [0.1, 0.15) is 45.1 Å². The van der Waals surface area contributed by atoms with E-state index in [1.807, 2.05) is 12.1 Å². The molecule has 0 amide bonds. The lowest BCUT2D eigenvalue weighted by molar-refractivity contribution is 0.267. The van der Waals surface area contributed by atoms with E-state index < -0.39 is 0 Å². The third-order valence-corrected chi connectivity index (χ3v) is 4.95. The molecule has 5 heteroatoms. The number of benzene rings is 1. The van der Waals surface area contributed by atoms with Crippen LogP contribution in [-0.4, -0.2) is 56.7 Å². The first-order valence-electron chi connectivity index (χ1n) is 9.58. The summed E-state index contributed by atoms with van der Waals surface area (Å²) in [5.41, 5.74) is 1.21. The molecule has 1 saturated heterocycles. The van der Waals surface area contributed by atoms with Gasteiger partial charge in [-0.3, -0.25) is 9.89 Å². The maximum absolute atomic E-state index is 5.47. The van der Waals surface area contributed by atoms with Crippen molar-refractivity contribution in [1.82, 2.24) is 15.5 Å². The van der Waals surface area contributed by atoms with Gasteiger partial charge in [0.2, 0.25) is 0 Å². The number of likely N-dealkylation sites (tertiary alicyclic amines) is 1. The number of likely N-dealkylation sites (N-methyl/N-ethyl adjacent to an activating group) is 1. The lowest BCUT2D eigenvalue weighted by atomic mass is 10.0. The summed E-state index contributed by atoms with van der Waals surface area (Å²) in [5, 5.41) is 6.89. The SMILES string of the molecule is CCNC(=NCC(C)c1ccccc1OC)NCC1CCCN1CC. The van der Waals surface area contributed by atoms with Gasteiger partial charge in [-0.1, -0.05) is 32.0 Å². The Hall–Kier alpha value is -1.75. The minimum Gasteiger partial charge on any atom is -0.496 e. The second kappa shape index (κ2) is 10.3. The van der Waals surface area contributed by atoms with Crippen molar-refractivity contribution in [3.05, 3.63) is 29.8 Å². The van der Waals surface area contributed by atoms with Gasteiger partial charge in [0.25, 0.3) is 0 Å². The smallest absolute Gasteiger partial charge is 0.191 e. The van der Waals surface area contributed by atoms with Gasteiger partial charge in [-0.05, 0) is 44.5 Å². The number of methoxy groups -OCH3 is 1. The van der Waals surface area contributed by atoms with Crippen LogP contribution in [-0.2, 0) is 0 Å². The zero-order valence-corrected chi connectivity index (χ0v) is 16.2. The maximum Gasteiger partial charge on any atom is 0.191 e. The van der Waals surface area contributed by atoms with Gasteiger partial charge in [-0.25, -0.2) is 0 Å². The molecule has 0 aromatic heterocycles. The second-order valence-corrected chi connectivity index (χ2v) is 6.67. The second-order valence-electron chi connectivity index (χ2n) is 6.67. The van der Waals surface area contributed by atoms with Gasteiger partial charge in [0.15, 0.2) is 5.96 Å². The minimum absolute atomic E-state index is 0.310. The van der Waals surface area contributed by atoms with Crippen molar-refractivity contribution < 1.29 is 4.74 Å². The number of aliphatic imine (C=N–C) groups is 1. The quantitative estimate of drug-likeness (QED) is 0.561. The van der Waals surface area contributed by atoms with Gasteiger partial charge in [0.05, 0.1) is 7.11 Å². The Balaban J connectivity index is 1.94. The molecule has 0 spiro atoms. The first-order valence-corrected chi connectivity index (χ1v) is 9.58. The van der Waals surface area contributed by atoms with Crippen LogP contribution < -0.4 is 15.4 Å². The molecule has 2 rings (SSSR count). The van der Waals surface area contributed by atoms with Crippen LogP contribution in [0.25, 0.3) is 0 Å². The predicted molar refractivity (Wildman–Crippen MR) is 106 cm³/mol. The molecule has 0 bridgehead atoms. The minimum atomic E-state index is 0.310. The van der Waals surface area contributed by atoms with E-state index in [0.717, 1.165) is 37.9 Å². The van der Waals surface area contributed by atoms with Gasteiger partial charge >= 0.3 is 0 Å². The first-order chi connectivity index (χ1) is 12.2. The monoisotopic (exact) mass is 346 g/mol. The molecule has 2 atom stereocenters. The molecule has 1 aromatic carbocycles. The number of hydrogen-bond acceptors (Lipinski definition) is 3. The van der Waals surface area contributed by atoms with Gasteiger partial charge < -0.3 is 15.4 Å². The maximum atomic E-state index is 5.47. The highest BCUT2D eigenvalue weighted by molar-refractivity contribution is 5.79. The molecule has 140 valence electrons. The first kappa shape index (κ1) is 19.6. The summed E-state index contributed by atoms with van der Waals surface area (Å²) in [6.07, 6.45) is 2.58. The third kappa shape index (κ3) is 5.63. The molecule has 2 N–H and O–H groups in total. The predicted octanol–water partition coefficient (Wildman–Crippen LogP) is 2.84. The lowest BCUT2D eigenvalue weighted by Gasteiger charge is -2.24. The van der Waals surface area contributed by atoms with Crippen molar-refractivity contribution in [3.63, 3.8) is 0 Å². The largest absolute Gasteiger partial charge is 0.496 e. The summed E-state index contributed by atoms with van der Waals surface area (Å²) in [5.74, 6) is 2.16. The van der Waals surface area contributed by atoms with Crippen molar-refractivity contribution in [3.8, 4) is 5.75 Å². The summed E-state index contributed by atoms with van der Waals surface area (Å²) in [6, 6.07) is 8.82. The molecule has 25 heavy (non-hydrogen) atoms. The van der Waals surface area contributed by atoms with Crippen molar-refractivity contribution >= 4 is 5.96 Å². The highest BCUT2D eigenvalue weighted by Gasteiger charge is 2.22. The van der Waals surface area contributed by atoms with Crippen molar-refractivity contribution in [1.29, 1.82) is 0 Å². The van der Waals surface area contributed by atoms with Gasteiger partial charge in [0, 0.05) is 31.6 Å². The van der Waals surface area contributed by atoms with Crippen LogP contribution in [0.2, 0.25) is 0 Å². The summed E-state index contributed by atoms with van der Waals surface area (Å²) >= 11 is 0. The summed E-state index contributed by atoms with van der Waals surface area (Å²) in [6.45, 7) is 11.5. The number of nitrogens with one attached hydrogen (secondary N) is 2. The van der Waals surface area contributed by atoms with Gasteiger partial charge in [0.1, 0.15) is 5.75 Å². The molecule has 0 saturated carbocycles. The molecule has 5 nitrogen and oxygen atoms in total. The molecular weight excluding hydrogens is 312 g/mol. The van der Waals surface area contributed by atoms with E-state index in [1.54, 1.807) is 7.11 Å². The van der Waals surface area contributed by atoms with Gasteiger partial charge in [-0.2, -0.15) is 0 Å². The Bertz CT molecular complexity index is 546. The van der Waals surface area contributed by atoms with E-state index in [9.17, 15) is 0 Å². The van der Waals surface area contributed by atoms with E-state index in [0.29, 0.717) is 12.0 Å². The highest BCUT2D eigenvalue weighted by atomic mass is 16.5. The topological polar surface area (TPSA) is 48.9 Å². The van der Waals surface area contributed by atoms with Crippen molar-refractivity contribution in [2.24, 2.45) is 4.99 Å². The van der Waals surface area contributed by atoms with E-state index in [4.69, 9.17) is 9.73 Å². The fourth-order valence-corrected chi connectivity index (χ4v) is 3.50. The van der Waals surface area contributed by atoms with Crippen LogP contribution in [0, 0.1) is 0 Å². The molecular formula is C20H34N4O. The van der Waals surface area contributed by atoms with E-state index in [-0.39, 0.29) is 0 Å². The Morgan fingerprint density at radius 3 is 2.84 bits per heavy atom. The molecule has 1 fully saturated rings. The normalized spacial score (nSPS) is 19.7. The summed E-state index contributed by atoms with van der Waals surface area (Å²) in [4.78, 5) is 7.35. The van der Waals surface area contributed by atoms with Crippen LogP contribution in [0.15, 0.2) is 29.3 Å². The Morgan fingerprint density at radius 1 is 1.32 bits per heavy atom. The number of hydrogen-bond donors (Lipinski definition) is 2.